The maximum Gasteiger partial charge on any atom is 0.252 e. The number of hydrogen-bond donors (Lipinski definition) is 3. The molecule has 8 heteroatoms. The molecular weight excluding hydrogens is 284 g/mol. The Bertz CT molecular complexity index is 571. The predicted molar refractivity (Wildman–Crippen MR) is 73.0 cm³/mol. The summed E-state index contributed by atoms with van der Waals surface area (Å²) in [5.74, 6) is -0.545. The zero-order valence-corrected chi connectivity index (χ0v) is 11.9. The van der Waals surface area contributed by atoms with Gasteiger partial charge < -0.3 is 15.6 Å². The van der Waals surface area contributed by atoms with Crippen LogP contribution in [0.5, 0.6) is 5.75 Å². The Morgan fingerprint density at radius 2 is 2.10 bits per heavy atom. The topological polar surface area (TPSA) is 119 Å². The van der Waals surface area contributed by atoms with Crippen molar-refractivity contribution in [3.8, 4) is 5.75 Å². The fourth-order valence-corrected chi connectivity index (χ4v) is 2.67. The van der Waals surface area contributed by atoms with Crippen LogP contribution in [0, 0.1) is 0 Å². The molecule has 0 fully saturated rings. The molecule has 0 saturated carbocycles. The molecule has 0 atom stereocenters. The molecule has 0 unspecified atom stereocenters. The molecule has 0 aliphatic carbocycles. The lowest BCUT2D eigenvalue weighted by molar-refractivity contribution is 0.0997. The van der Waals surface area contributed by atoms with Crippen LogP contribution in [0.1, 0.15) is 23.2 Å². The average Bonchev–Trinajstić information content (AvgIpc) is 2.42. The van der Waals surface area contributed by atoms with E-state index in [1.807, 2.05) is 0 Å². The van der Waals surface area contributed by atoms with Crippen LogP contribution in [0.15, 0.2) is 23.1 Å². The van der Waals surface area contributed by atoms with Crippen molar-refractivity contribution in [2.45, 2.75) is 17.7 Å². The van der Waals surface area contributed by atoms with E-state index in [9.17, 15) is 13.2 Å². The molecule has 0 saturated heterocycles. The second-order valence-electron chi connectivity index (χ2n) is 4.05. The zero-order chi connectivity index (χ0) is 15.2. The quantitative estimate of drug-likeness (QED) is 0.577. The van der Waals surface area contributed by atoms with Crippen molar-refractivity contribution in [3.05, 3.63) is 23.8 Å². The van der Waals surface area contributed by atoms with E-state index >= 15 is 0 Å². The molecule has 112 valence electrons. The summed E-state index contributed by atoms with van der Waals surface area (Å²) in [6.07, 6.45) is 1.03. The SMILES string of the molecule is COc1ccc(S(=O)(=O)NCCCCO)cc1C(N)=O. The highest BCUT2D eigenvalue weighted by molar-refractivity contribution is 7.89. The molecule has 0 radical (unpaired) electrons. The van der Waals surface area contributed by atoms with Crippen LogP contribution in [-0.2, 0) is 10.0 Å². The smallest absolute Gasteiger partial charge is 0.252 e. The Balaban J connectivity index is 2.95. The number of nitrogens with two attached hydrogens (primary N) is 1. The lowest BCUT2D eigenvalue weighted by atomic mass is 10.2. The molecule has 4 N–H and O–H groups in total. The van der Waals surface area contributed by atoms with E-state index in [2.05, 4.69) is 4.72 Å². The summed E-state index contributed by atoms with van der Waals surface area (Å²) in [7, 11) is -2.35. The van der Waals surface area contributed by atoms with Crippen molar-refractivity contribution in [2.75, 3.05) is 20.3 Å². The zero-order valence-electron chi connectivity index (χ0n) is 11.1. The minimum absolute atomic E-state index is 0.00531. The average molecular weight is 302 g/mol. The van der Waals surface area contributed by atoms with Crippen molar-refractivity contribution in [1.29, 1.82) is 0 Å². The third-order valence-corrected chi connectivity index (χ3v) is 4.08. The van der Waals surface area contributed by atoms with Gasteiger partial charge in [-0.05, 0) is 31.0 Å². The highest BCUT2D eigenvalue weighted by atomic mass is 32.2. The standard InChI is InChI=1S/C12H18N2O5S/c1-19-11-5-4-9(8-10(11)12(13)16)20(17,18)14-6-2-3-7-15/h4-5,8,14-15H,2-3,6-7H2,1H3,(H2,13,16). The summed E-state index contributed by atoms with van der Waals surface area (Å²) in [5.41, 5.74) is 5.19. The van der Waals surface area contributed by atoms with Crippen LogP contribution in [0.3, 0.4) is 0 Å². The van der Waals surface area contributed by atoms with Crippen LogP contribution < -0.4 is 15.2 Å². The number of aliphatic hydroxyl groups is 1. The largest absolute Gasteiger partial charge is 0.496 e. The van der Waals surface area contributed by atoms with Gasteiger partial charge in [-0.2, -0.15) is 0 Å². The first kappa shape index (κ1) is 16.4. The minimum atomic E-state index is -3.72. The minimum Gasteiger partial charge on any atom is -0.496 e. The first-order chi connectivity index (χ1) is 9.42. The van der Waals surface area contributed by atoms with E-state index in [0.29, 0.717) is 12.8 Å². The summed E-state index contributed by atoms with van der Waals surface area (Å²) in [6, 6.07) is 3.89. The van der Waals surface area contributed by atoms with E-state index in [4.69, 9.17) is 15.6 Å². The van der Waals surface area contributed by atoms with E-state index in [0.717, 1.165) is 0 Å². The van der Waals surface area contributed by atoms with Gasteiger partial charge in [-0.3, -0.25) is 4.79 Å². The van der Waals surface area contributed by atoms with Crippen molar-refractivity contribution < 1.29 is 23.1 Å². The van der Waals surface area contributed by atoms with Crippen LogP contribution in [0.25, 0.3) is 0 Å². The molecule has 0 aromatic heterocycles. The molecule has 1 amide bonds. The number of amides is 1. The number of aliphatic hydroxyl groups excluding tert-OH is 1. The van der Waals surface area contributed by atoms with Gasteiger partial charge in [-0.1, -0.05) is 0 Å². The van der Waals surface area contributed by atoms with Crippen molar-refractivity contribution in [2.24, 2.45) is 5.73 Å². The number of carbonyl (C=O) groups is 1. The van der Waals surface area contributed by atoms with Gasteiger partial charge in [0.25, 0.3) is 5.91 Å². The number of hydrogen-bond acceptors (Lipinski definition) is 5. The second kappa shape index (κ2) is 7.22. The van der Waals surface area contributed by atoms with E-state index < -0.39 is 15.9 Å². The van der Waals surface area contributed by atoms with Crippen LogP contribution in [-0.4, -0.2) is 39.7 Å². The number of unbranched alkanes of at least 4 members (excludes halogenated alkanes) is 1. The second-order valence-corrected chi connectivity index (χ2v) is 5.82. The highest BCUT2D eigenvalue weighted by Gasteiger charge is 2.18. The molecule has 0 aliphatic heterocycles. The first-order valence-corrected chi connectivity index (χ1v) is 7.49. The molecule has 1 aromatic rings. The number of carbonyl (C=O) groups excluding carboxylic acids is 1. The van der Waals surface area contributed by atoms with E-state index in [-0.39, 0.29) is 29.4 Å². The summed E-state index contributed by atoms with van der Waals surface area (Å²) in [4.78, 5) is 11.2. The molecule has 1 aromatic carbocycles. The molecular formula is C12H18N2O5S. The molecule has 0 aliphatic rings. The maximum atomic E-state index is 12.0. The van der Waals surface area contributed by atoms with Gasteiger partial charge in [0.1, 0.15) is 5.75 Å². The fourth-order valence-electron chi connectivity index (χ4n) is 1.57. The lowest BCUT2D eigenvalue weighted by Crippen LogP contribution is -2.25. The molecule has 0 spiro atoms. The molecule has 1 rings (SSSR count). The number of benzene rings is 1. The summed E-state index contributed by atoms with van der Waals surface area (Å²) in [5, 5.41) is 8.63. The van der Waals surface area contributed by atoms with Gasteiger partial charge in [0.2, 0.25) is 10.0 Å². The summed E-state index contributed by atoms with van der Waals surface area (Å²) in [6.45, 7) is 0.219. The molecule has 0 heterocycles. The molecule has 7 nitrogen and oxygen atoms in total. The Morgan fingerprint density at radius 1 is 1.40 bits per heavy atom. The van der Waals surface area contributed by atoms with Crippen LogP contribution in [0.2, 0.25) is 0 Å². The fraction of sp³-hybridized carbons (Fsp3) is 0.417. The Kier molecular flexibility index (Phi) is 5.93. The monoisotopic (exact) mass is 302 g/mol. The number of primary amides is 1. The number of nitrogens with one attached hydrogen (secondary N) is 1. The highest BCUT2D eigenvalue weighted by Crippen LogP contribution is 2.21. The first-order valence-electron chi connectivity index (χ1n) is 6.00. The Hall–Kier alpha value is -1.64. The van der Waals surface area contributed by atoms with Crippen LogP contribution >= 0.6 is 0 Å². The third-order valence-electron chi connectivity index (χ3n) is 2.62. The Labute approximate surface area is 117 Å². The van der Waals surface area contributed by atoms with E-state index in [1.54, 1.807) is 0 Å². The Morgan fingerprint density at radius 3 is 2.65 bits per heavy atom. The normalized spacial score (nSPS) is 11.3. The summed E-state index contributed by atoms with van der Waals surface area (Å²) < 4.78 is 31.3. The third kappa shape index (κ3) is 4.19. The van der Waals surface area contributed by atoms with Gasteiger partial charge in [-0.15, -0.1) is 0 Å². The van der Waals surface area contributed by atoms with Gasteiger partial charge in [0.15, 0.2) is 0 Å². The number of methoxy groups -OCH3 is 1. The van der Waals surface area contributed by atoms with Crippen molar-refractivity contribution in [3.63, 3.8) is 0 Å². The van der Waals surface area contributed by atoms with Gasteiger partial charge >= 0.3 is 0 Å². The maximum absolute atomic E-state index is 12.0. The van der Waals surface area contributed by atoms with Crippen molar-refractivity contribution >= 4 is 15.9 Å². The number of sulfonamides is 1. The predicted octanol–water partition coefficient (Wildman–Crippen LogP) is -0.155. The van der Waals surface area contributed by atoms with Gasteiger partial charge in [0.05, 0.1) is 17.6 Å². The van der Waals surface area contributed by atoms with Gasteiger partial charge in [-0.25, -0.2) is 13.1 Å². The molecule has 0 bridgehead atoms. The van der Waals surface area contributed by atoms with Gasteiger partial charge in [0, 0.05) is 13.2 Å². The molecule has 20 heavy (non-hydrogen) atoms. The van der Waals surface area contributed by atoms with Crippen LogP contribution in [0.4, 0.5) is 0 Å². The van der Waals surface area contributed by atoms with Crippen molar-refractivity contribution in [1.82, 2.24) is 4.72 Å². The number of ether oxygens (including phenoxy) is 1. The van der Waals surface area contributed by atoms with E-state index in [1.165, 1.54) is 25.3 Å². The number of rotatable bonds is 8. The lowest BCUT2D eigenvalue weighted by Gasteiger charge is -2.10. The summed E-state index contributed by atoms with van der Waals surface area (Å²) >= 11 is 0.